The highest BCUT2D eigenvalue weighted by atomic mass is 35.5. The quantitative estimate of drug-likeness (QED) is 0.294. The van der Waals surface area contributed by atoms with Crippen LogP contribution in [0, 0.1) is 11.6 Å². The van der Waals surface area contributed by atoms with E-state index in [2.05, 4.69) is 20.0 Å². The molecule has 2 saturated heterocycles. The van der Waals surface area contributed by atoms with E-state index in [1.54, 1.807) is 0 Å². The van der Waals surface area contributed by atoms with Crippen molar-refractivity contribution in [2.24, 2.45) is 0 Å². The number of fused-ring (bicyclic) bond motifs is 2. The molecule has 1 saturated carbocycles. The summed E-state index contributed by atoms with van der Waals surface area (Å²) in [4.78, 5) is 22.9. The van der Waals surface area contributed by atoms with Gasteiger partial charge in [0.15, 0.2) is 5.69 Å². The smallest absolute Gasteiger partial charge is 0.356 e. The van der Waals surface area contributed by atoms with Gasteiger partial charge in [0.25, 0.3) is 0 Å². The molecule has 8 nitrogen and oxygen atoms in total. The monoisotopic (exact) mass is 530 g/mol. The van der Waals surface area contributed by atoms with Crippen LogP contribution in [0.25, 0.3) is 11.3 Å². The van der Waals surface area contributed by atoms with Gasteiger partial charge in [0.2, 0.25) is 5.95 Å². The maximum absolute atomic E-state index is 14.6. The number of ether oxygens (including phenoxy) is 2. The van der Waals surface area contributed by atoms with Gasteiger partial charge in [0, 0.05) is 29.6 Å². The van der Waals surface area contributed by atoms with Gasteiger partial charge in [-0.05, 0) is 50.7 Å². The fourth-order valence-corrected chi connectivity index (χ4v) is 5.75. The zero-order valence-corrected chi connectivity index (χ0v) is 20.9. The van der Waals surface area contributed by atoms with Gasteiger partial charge in [0.05, 0.1) is 25.4 Å². The Morgan fingerprint density at radius 3 is 2.49 bits per heavy atom. The van der Waals surface area contributed by atoms with Crippen molar-refractivity contribution < 1.29 is 27.6 Å². The van der Waals surface area contributed by atoms with Crippen LogP contribution >= 0.6 is 11.6 Å². The van der Waals surface area contributed by atoms with Gasteiger partial charge in [0.1, 0.15) is 28.2 Å². The fourth-order valence-electron chi connectivity index (χ4n) is 5.57. The Hall–Kier alpha value is -3.11. The zero-order chi connectivity index (χ0) is 25.7. The van der Waals surface area contributed by atoms with Crippen molar-refractivity contribution in [1.29, 1.82) is 0 Å². The van der Waals surface area contributed by atoms with E-state index in [4.69, 9.17) is 25.6 Å². The van der Waals surface area contributed by atoms with Crippen molar-refractivity contribution in [2.45, 2.75) is 69.2 Å². The standard InChI is InChI=1S/C26H25ClF2N4O4/c1-35-25(34)20-11-21(27)31-26(30-20)33-14-7-8-15(33)10-16(9-14)36-12-17-23(32-37-24(17)13-5-6-13)22-18(28)3-2-4-19(22)29/h2-4,11,13-16H,5-10,12H2,1H3. The highest BCUT2D eigenvalue weighted by molar-refractivity contribution is 6.29. The largest absolute Gasteiger partial charge is 0.464 e. The van der Waals surface area contributed by atoms with E-state index in [0.29, 0.717) is 30.1 Å². The average molecular weight is 531 g/mol. The molecule has 4 heterocycles. The predicted octanol–water partition coefficient (Wildman–Crippen LogP) is 5.44. The lowest BCUT2D eigenvalue weighted by Gasteiger charge is -2.39. The Kier molecular flexibility index (Phi) is 6.32. The number of carbonyl (C=O) groups is 1. The number of halogens is 3. The molecule has 3 fully saturated rings. The third-order valence-electron chi connectivity index (χ3n) is 7.43. The molecule has 1 aromatic carbocycles. The second kappa shape index (κ2) is 9.64. The van der Waals surface area contributed by atoms with Gasteiger partial charge in [-0.25, -0.2) is 23.5 Å². The Labute approximate surface area is 216 Å². The lowest BCUT2D eigenvalue weighted by molar-refractivity contribution is 0.0144. The number of benzene rings is 1. The second-order valence-corrected chi connectivity index (χ2v) is 10.2. The third-order valence-corrected chi connectivity index (χ3v) is 7.62. The first kappa shape index (κ1) is 24.2. The van der Waals surface area contributed by atoms with Crippen LogP contribution in [0.5, 0.6) is 0 Å². The predicted molar refractivity (Wildman–Crippen MR) is 129 cm³/mol. The first-order valence-corrected chi connectivity index (χ1v) is 12.8. The van der Waals surface area contributed by atoms with Crippen molar-refractivity contribution in [1.82, 2.24) is 15.1 Å². The minimum atomic E-state index is -0.684. The summed E-state index contributed by atoms with van der Waals surface area (Å²) in [5.41, 5.74) is 0.706. The molecule has 0 amide bonds. The number of aromatic nitrogens is 3. The minimum Gasteiger partial charge on any atom is -0.464 e. The van der Waals surface area contributed by atoms with Gasteiger partial charge >= 0.3 is 5.97 Å². The molecule has 2 unspecified atom stereocenters. The van der Waals surface area contributed by atoms with Crippen molar-refractivity contribution in [2.75, 3.05) is 12.0 Å². The molecule has 3 aromatic rings. The highest BCUT2D eigenvalue weighted by Gasteiger charge is 2.43. The normalized spacial score (nSPS) is 22.9. The summed E-state index contributed by atoms with van der Waals surface area (Å²) in [6.07, 6.45) is 5.13. The number of rotatable bonds is 7. The van der Waals surface area contributed by atoms with E-state index in [1.807, 2.05) is 0 Å². The average Bonchev–Trinajstić information content (AvgIpc) is 3.59. The summed E-state index contributed by atoms with van der Waals surface area (Å²) in [7, 11) is 1.29. The van der Waals surface area contributed by atoms with Gasteiger partial charge in [-0.1, -0.05) is 22.8 Å². The summed E-state index contributed by atoms with van der Waals surface area (Å²) < 4.78 is 45.8. The number of hydrogen-bond donors (Lipinski definition) is 0. The first-order chi connectivity index (χ1) is 17.9. The number of carbonyl (C=O) groups excluding carboxylic acids is 1. The molecule has 0 radical (unpaired) electrons. The summed E-state index contributed by atoms with van der Waals surface area (Å²) in [6.45, 7) is 0.155. The van der Waals surface area contributed by atoms with Crippen molar-refractivity contribution in [3.8, 4) is 11.3 Å². The summed E-state index contributed by atoms with van der Waals surface area (Å²) in [5, 5.41) is 4.23. The Bertz CT molecular complexity index is 1310. The van der Waals surface area contributed by atoms with Crippen LogP contribution < -0.4 is 4.90 Å². The van der Waals surface area contributed by atoms with E-state index in [0.717, 1.165) is 25.7 Å². The van der Waals surface area contributed by atoms with E-state index >= 15 is 0 Å². The Morgan fingerprint density at radius 2 is 1.84 bits per heavy atom. The summed E-state index contributed by atoms with van der Waals surface area (Å²) in [6, 6.07) is 5.37. The van der Waals surface area contributed by atoms with Crippen LogP contribution in [0.2, 0.25) is 5.15 Å². The third kappa shape index (κ3) is 4.57. The minimum absolute atomic E-state index is 0.0757. The van der Waals surface area contributed by atoms with Gasteiger partial charge < -0.3 is 18.9 Å². The molecule has 2 aliphatic heterocycles. The van der Waals surface area contributed by atoms with Crippen molar-refractivity contribution in [3.63, 3.8) is 0 Å². The van der Waals surface area contributed by atoms with Crippen molar-refractivity contribution in [3.05, 3.63) is 58.1 Å². The topological polar surface area (TPSA) is 90.6 Å². The van der Waals surface area contributed by atoms with Crippen LogP contribution in [-0.2, 0) is 16.1 Å². The number of piperidine rings is 1. The molecule has 6 rings (SSSR count). The second-order valence-electron chi connectivity index (χ2n) is 9.81. The molecule has 194 valence electrons. The Balaban J connectivity index is 1.21. The molecule has 2 aromatic heterocycles. The lowest BCUT2D eigenvalue weighted by atomic mass is 9.99. The van der Waals surface area contributed by atoms with E-state index < -0.39 is 17.6 Å². The SMILES string of the molecule is COC(=O)c1cc(Cl)nc(N2C3CCC2CC(OCc2c(-c4c(F)cccc4F)noc2C2CC2)C3)n1. The molecular weight excluding hydrogens is 506 g/mol. The molecule has 2 atom stereocenters. The van der Waals surface area contributed by atoms with Gasteiger partial charge in [-0.3, -0.25) is 0 Å². The van der Waals surface area contributed by atoms with Crippen LogP contribution in [0.1, 0.15) is 66.3 Å². The van der Waals surface area contributed by atoms with E-state index in [9.17, 15) is 13.6 Å². The molecule has 1 aliphatic carbocycles. The summed E-state index contributed by atoms with van der Waals surface area (Å²) >= 11 is 6.18. The van der Waals surface area contributed by atoms with Gasteiger partial charge in [-0.15, -0.1) is 0 Å². The van der Waals surface area contributed by atoms with Crippen LogP contribution in [-0.4, -0.2) is 46.4 Å². The number of methoxy groups -OCH3 is 1. The number of nitrogens with zero attached hydrogens (tertiary/aromatic N) is 4. The molecule has 2 bridgehead atoms. The maximum Gasteiger partial charge on any atom is 0.356 e. The van der Waals surface area contributed by atoms with Gasteiger partial charge in [-0.2, -0.15) is 0 Å². The zero-order valence-electron chi connectivity index (χ0n) is 20.1. The lowest BCUT2D eigenvalue weighted by Crippen LogP contribution is -2.46. The van der Waals surface area contributed by atoms with Crippen LogP contribution in [0.15, 0.2) is 28.8 Å². The van der Waals surface area contributed by atoms with Crippen molar-refractivity contribution >= 4 is 23.5 Å². The fraction of sp³-hybridized carbons (Fsp3) is 0.462. The number of anilines is 1. The molecular formula is C26H25ClF2N4O4. The molecule has 0 spiro atoms. The molecule has 0 N–H and O–H groups in total. The number of hydrogen-bond acceptors (Lipinski definition) is 8. The van der Waals surface area contributed by atoms with E-state index in [-0.39, 0.29) is 52.8 Å². The van der Waals surface area contributed by atoms with E-state index in [1.165, 1.54) is 31.4 Å². The number of esters is 1. The first-order valence-electron chi connectivity index (χ1n) is 12.4. The molecule has 11 heteroatoms. The van der Waals surface area contributed by atoms with Crippen LogP contribution in [0.3, 0.4) is 0 Å². The highest BCUT2D eigenvalue weighted by Crippen LogP contribution is 2.45. The molecule has 37 heavy (non-hydrogen) atoms. The molecule has 3 aliphatic rings. The van der Waals surface area contributed by atoms with Crippen LogP contribution in [0.4, 0.5) is 14.7 Å². The summed E-state index contributed by atoms with van der Waals surface area (Å²) in [5.74, 6) is -0.672. The Morgan fingerprint density at radius 1 is 1.14 bits per heavy atom. The maximum atomic E-state index is 14.6.